The van der Waals surface area contributed by atoms with Gasteiger partial charge in [-0.1, -0.05) is 22.0 Å². The smallest absolute Gasteiger partial charge is 0.262 e. The highest BCUT2D eigenvalue weighted by molar-refractivity contribution is 9.10. The number of benzene rings is 2. The summed E-state index contributed by atoms with van der Waals surface area (Å²) in [4.78, 5) is 12.5. The number of carbonyl (C=O) groups is 1. The van der Waals surface area contributed by atoms with Gasteiger partial charge in [0.25, 0.3) is 5.91 Å². The lowest BCUT2D eigenvalue weighted by Gasteiger charge is -2.27. The van der Waals surface area contributed by atoms with Gasteiger partial charge in [-0.05, 0) is 48.9 Å². The average molecular weight is 396 g/mol. The fourth-order valence-electron chi connectivity index (χ4n) is 2.26. The Balaban J connectivity index is 1.84. The molecular formula is C15H14BrN3O3S. The van der Waals surface area contributed by atoms with Gasteiger partial charge in [0.05, 0.1) is 5.69 Å². The van der Waals surface area contributed by atoms with E-state index in [9.17, 15) is 13.2 Å². The molecule has 0 spiro atoms. The van der Waals surface area contributed by atoms with Crippen molar-refractivity contribution in [2.24, 2.45) is 0 Å². The van der Waals surface area contributed by atoms with Crippen molar-refractivity contribution in [2.45, 2.75) is 18.0 Å². The number of halogens is 1. The van der Waals surface area contributed by atoms with E-state index >= 15 is 0 Å². The molecule has 2 aromatic carbocycles. The van der Waals surface area contributed by atoms with Crippen LogP contribution in [0.5, 0.6) is 0 Å². The number of sulfonamides is 1. The lowest BCUT2D eigenvalue weighted by molar-refractivity contribution is -0.117. The van der Waals surface area contributed by atoms with E-state index in [1.165, 1.54) is 6.07 Å². The Labute approximate surface area is 142 Å². The molecule has 120 valence electrons. The first-order valence-corrected chi connectivity index (χ1v) is 9.09. The van der Waals surface area contributed by atoms with Crippen molar-refractivity contribution in [1.82, 2.24) is 4.72 Å². The van der Waals surface area contributed by atoms with Gasteiger partial charge in [0, 0.05) is 10.2 Å². The molecule has 3 N–H and O–H groups in total. The normalized spacial score (nSPS) is 18.6. The zero-order valence-corrected chi connectivity index (χ0v) is 14.5. The van der Waals surface area contributed by atoms with Crippen LogP contribution in [0.15, 0.2) is 51.8 Å². The molecule has 1 amide bonds. The SMILES string of the molecule is Cc1ccc2c(c1)N[C@H](C(=O)Nc1ccc(Br)cc1)NS2(=O)=O. The van der Waals surface area contributed by atoms with Gasteiger partial charge in [-0.15, -0.1) is 0 Å². The molecule has 3 rings (SSSR count). The van der Waals surface area contributed by atoms with Gasteiger partial charge in [-0.3, -0.25) is 4.79 Å². The van der Waals surface area contributed by atoms with E-state index in [-0.39, 0.29) is 4.90 Å². The van der Waals surface area contributed by atoms with Crippen LogP contribution in [0, 0.1) is 6.92 Å². The Kier molecular flexibility index (Phi) is 4.13. The third-order valence-corrected chi connectivity index (χ3v) is 5.38. The molecule has 8 heteroatoms. The summed E-state index contributed by atoms with van der Waals surface area (Å²) in [6.45, 7) is 1.85. The molecule has 2 aromatic rings. The minimum Gasteiger partial charge on any atom is -0.360 e. The first-order valence-electron chi connectivity index (χ1n) is 6.81. The largest absolute Gasteiger partial charge is 0.360 e. The molecule has 0 aliphatic carbocycles. The van der Waals surface area contributed by atoms with E-state index in [1.807, 2.05) is 6.92 Å². The second kappa shape index (κ2) is 5.95. The van der Waals surface area contributed by atoms with Gasteiger partial charge >= 0.3 is 0 Å². The van der Waals surface area contributed by atoms with Gasteiger partial charge in [0.15, 0.2) is 6.17 Å². The molecule has 23 heavy (non-hydrogen) atoms. The molecule has 0 saturated heterocycles. The molecule has 0 saturated carbocycles. The van der Waals surface area contributed by atoms with Gasteiger partial charge in [-0.25, -0.2) is 8.42 Å². The molecule has 0 bridgehead atoms. The van der Waals surface area contributed by atoms with Crippen LogP contribution in [0.25, 0.3) is 0 Å². The number of rotatable bonds is 2. The maximum absolute atomic E-state index is 12.3. The highest BCUT2D eigenvalue weighted by atomic mass is 79.9. The second-order valence-corrected chi connectivity index (χ2v) is 7.79. The maximum Gasteiger partial charge on any atom is 0.262 e. The molecular weight excluding hydrogens is 382 g/mol. The number of anilines is 2. The summed E-state index contributed by atoms with van der Waals surface area (Å²) >= 11 is 3.31. The third-order valence-electron chi connectivity index (χ3n) is 3.37. The number of amides is 1. The predicted molar refractivity (Wildman–Crippen MR) is 91.7 cm³/mol. The van der Waals surface area contributed by atoms with Crippen LogP contribution in [-0.4, -0.2) is 20.5 Å². The number of hydrogen-bond donors (Lipinski definition) is 3. The zero-order valence-electron chi connectivity index (χ0n) is 12.1. The number of aryl methyl sites for hydroxylation is 1. The topological polar surface area (TPSA) is 87.3 Å². The maximum atomic E-state index is 12.3. The van der Waals surface area contributed by atoms with Crippen LogP contribution in [0.1, 0.15) is 5.56 Å². The summed E-state index contributed by atoms with van der Waals surface area (Å²) in [5, 5.41) is 5.59. The molecule has 0 unspecified atom stereocenters. The molecule has 0 fully saturated rings. The Hall–Kier alpha value is -1.90. The monoisotopic (exact) mass is 395 g/mol. The van der Waals surface area contributed by atoms with Crippen molar-refractivity contribution >= 4 is 43.2 Å². The average Bonchev–Trinajstić information content (AvgIpc) is 2.48. The van der Waals surface area contributed by atoms with E-state index < -0.39 is 22.1 Å². The van der Waals surface area contributed by atoms with Gasteiger partial charge < -0.3 is 10.6 Å². The van der Waals surface area contributed by atoms with E-state index in [0.717, 1.165) is 10.0 Å². The highest BCUT2D eigenvalue weighted by Gasteiger charge is 2.33. The van der Waals surface area contributed by atoms with Crippen molar-refractivity contribution in [2.75, 3.05) is 10.6 Å². The van der Waals surface area contributed by atoms with E-state index in [0.29, 0.717) is 11.4 Å². The lowest BCUT2D eigenvalue weighted by atomic mass is 10.2. The molecule has 1 aliphatic rings. The summed E-state index contributed by atoms with van der Waals surface area (Å²) in [6, 6.07) is 11.9. The number of hydrogen-bond acceptors (Lipinski definition) is 4. The Bertz CT molecular complexity index is 866. The molecule has 6 nitrogen and oxygen atoms in total. The van der Waals surface area contributed by atoms with Crippen molar-refractivity contribution in [3.63, 3.8) is 0 Å². The Morgan fingerprint density at radius 3 is 2.57 bits per heavy atom. The predicted octanol–water partition coefficient (Wildman–Crippen LogP) is 2.43. The van der Waals surface area contributed by atoms with Crippen LogP contribution < -0.4 is 15.4 Å². The molecule has 0 radical (unpaired) electrons. The van der Waals surface area contributed by atoms with Crippen molar-refractivity contribution < 1.29 is 13.2 Å². The first-order chi connectivity index (χ1) is 10.8. The van der Waals surface area contributed by atoms with Crippen molar-refractivity contribution in [3.8, 4) is 0 Å². The zero-order chi connectivity index (χ0) is 16.6. The van der Waals surface area contributed by atoms with E-state index in [4.69, 9.17) is 0 Å². The minimum absolute atomic E-state index is 0.135. The van der Waals surface area contributed by atoms with Crippen LogP contribution in [0.2, 0.25) is 0 Å². The van der Waals surface area contributed by atoms with Crippen LogP contribution >= 0.6 is 15.9 Å². The molecule has 1 aliphatic heterocycles. The van der Waals surface area contributed by atoms with Crippen LogP contribution in [0.4, 0.5) is 11.4 Å². The standard InChI is InChI=1S/C15H14BrN3O3S/c1-9-2-7-13-12(8-9)18-14(19-23(13,21)22)15(20)17-11-5-3-10(16)4-6-11/h2-8,14,18-19H,1H3,(H,17,20)/t14-/m0/s1. The fraction of sp³-hybridized carbons (Fsp3) is 0.133. The summed E-state index contributed by atoms with van der Waals surface area (Å²) in [5.41, 5.74) is 1.90. The number of carbonyl (C=O) groups excluding carboxylic acids is 1. The summed E-state index contributed by atoms with van der Waals surface area (Å²) in [5.74, 6) is -0.483. The Morgan fingerprint density at radius 1 is 1.17 bits per heavy atom. The lowest BCUT2D eigenvalue weighted by Crippen LogP contribution is -2.51. The third kappa shape index (κ3) is 3.39. The number of nitrogens with one attached hydrogen (secondary N) is 3. The first kappa shape index (κ1) is 16.0. The summed E-state index contributed by atoms with van der Waals surface area (Å²) in [7, 11) is -3.73. The highest BCUT2D eigenvalue weighted by Crippen LogP contribution is 2.27. The number of fused-ring (bicyclic) bond motifs is 1. The van der Waals surface area contributed by atoms with Crippen molar-refractivity contribution in [3.05, 3.63) is 52.5 Å². The second-order valence-electron chi connectivity index (χ2n) is 5.19. The summed E-state index contributed by atoms with van der Waals surface area (Å²) in [6.07, 6.45) is -1.07. The van der Waals surface area contributed by atoms with Crippen LogP contribution in [-0.2, 0) is 14.8 Å². The van der Waals surface area contributed by atoms with Crippen molar-refractivity contribution in [1.29, 1.82) is 0 Å². The fourth-order valence-corrected chi connectivity index (χ4v) is 3.78. The molecule has 1 atom stereocenters. The Morgan fingerprint density at radius 2 is 1.87 bits per heavy atom. The minimum atomic E-state index is -3.73. The molecule has 1 heterocycles. The van der Waals surface area contributed by atoms with Gasteiger partial charge in [-0.2, -0.15) is 4.72 Å². The summed E-state index contributed by atoms with van der Waals surface area (Å²) < 4.78 is 27.7. The van der Waals surface area contributed by atoms with E-state index in [1.54, 1.807) is 36.4 Å². The van der Waals surface area contributed by atoms with Crippen LogP contribution in [0.3, 0.4) is 0 Å². The van der Waals surface area contributed by atoms with Gasteiger partial charge in [0.1, 0.15) is 4.90 Å². The van der Waals surface area contributed by atoms with E-state index in [2.05, 4.69) is 31.3 Å². The van der Waals surface area contributed by atoms with Gasteiger partial charge in [0.2, 0.25) is 10.0 Å². The molecule has 0 aromatic heterocycles. The quantitative estimate of drug-likeness (QED) is 0.728.